The van der Waals surface area contributed by atoms with Gasteiger partial charge in [-0.2, -0.15) is 0 Å². The molecule has 0 bridgehead atoms. The van der Waals surface area contributed by atoms with E-state index in [0.29, 0.717) is 17.1 Å². The van der Waals surface area contributed by atoms with Crippen molar-refractivity contribution in [3.63, 3.8) is 0 Å². The molecule has 0 saturated carbocycles. The Labute approximate surface area is 92.4 Å². The number of anilines is 1. The molecule has 2 heterocycles. The van der Waals surface area contributed by atoms with Gasteiger partial charge in [0.25, 0.3) is 11.5 Å². The third kappa shape index (κ3) is 1.68. The Hall–Kier alpha value is -1.56. The van der Waals surface area contributed by atoms with E-state index >= 15 is 0 Å². The van der Waals surface area contributed by atoms with Gasteiger partial charge in [0.05, 0.1) is 14.1 Å². The molecule has 2 aromatic rings. The Kier molecular flexibility index (Phi) is 2.99. The van der Waals surface area contributed by atoms with E-state index in [2.05, 4.69) is 15.3 Å². The number of fused-ring (bicyclic) bond motifs is 1. The zero-order valence-electron chi connectivity index (χ0n) is 8.71. The Morgan fingerprint density at radius 1 is 1.60 bits per heavy atom. The molecule has 0 aliphatic carbocycles. The quantitative estimate of drug-likeness (QED) is 0.492. The number of halogens is 1. The van der Waals surface area contributed by atoms with Crippen molar-refractivity contribution in [3.8, 4) is 0 Å². The Balaban J connectivity index is 0.00000112. The normalized spacial score (nSPS) is 10.1. The number of aromatic amines is 1. The number of imidazole rings is 1. The predicted molar refractivity (Wildman–Crippen MR) is 52.1 cm³/mol. The standard InChI is InChI=1S/C8H11N5O.ClH/c1-9-8-10-6-5(7(14)11-8)12(2)4-13(6)3;/h4H,1-3H3,(H-,9,10,11,14);1H. The molecule has 7 heteroatoms. The van der Waals surface area contributed by atoms with Crippen molar-refractivity contribution in [1.29, 1.82) is 0 Å². The van der Waals surface area contributed by atoms with Gasteiger partial charge in [-0.3, -0.25) is 14.3 Å². The smallest absolute Gasteiger partial charge is 0.311 e. The highest BCUT2D eigenvalue weighted by molar-refractivity contribution is 5.67. The topological polar surface area (TPSA) is 66.6 Å². The van der Waals surface area contributed by atoms with E-state index in [4.69, 9.17) is 0 Å². The Morgan fingerprint density at radius 2 is 2.27 bits per heavy atom. The summed E-state index contributed by atoms with van der Waals surface area (Å²) in [4.78, 5) is 18.5. The average molecular weight is 230 g/mol. The SMILES string of the molecule is CNc1nc2c(c(=O)[nH]1)n(C)c[n+]2C.[Cl-]. The fourth-order valence-electron chi connectivity index (χ4n) is 1.51. The van der Waals surface area contributed by atoms with Crippen molar-refractivity contribution < 1.29 is 17.0 Å². The van der Waals surface area contributed by atoms with Crippen LogP contribution in [0.5, 0.6) is 0 Å². The minimum atomic E-state index is -0.137. The summed E-state index contributed by atoms with van der Waals surface area (Å²) >= 11 is 0. The summed E-state index contributed by atoms with van der Waals surface area (Å²) in [6.45, 7) is 0. The molecule has 0 aliphatic rings. The molecule has 0 unspecified atom stereocenters. The average Bonchev–Trinajstić information content (AvgIpc) is 2.42. The van der Waals surface area contributed by atoms with E-state index in [1.165, 1.54) is 0 Å². The number of hydrogen-bond donors (Lipinski definition) is 2. The van der Waals surface area contributed by atoms with Crippen molar-refractivity contribution in [2.75, 3.05) is 12.4 Å². The minimum Gasteiger partial charge on any atom is -1.00 e. The molecular weight excluding hydrogens is 218 g/mol. The summed E-state index contributed by atoms with van der Waals surface area (Å²) in [6.07, 6.45) is 1.81. The predicted octanol–water partition coefficient (Wildman–Crippen LogP) is -3.87. The number of aromatic nitrogens is 4. The van der Waals surface area contributed by atoms with Crippen LogP contribution >= 0.6 is 0 Å². The number of hydrogen-bond acceptors (Lipinski definition) is 3. The third-order valence-electron chi connectivity index (χ3n) is 2.15. The molecular formula is C8H12ClN5O. The van der Waals surface area contributed by atoms with Gasteiger partial charge in [-0.15, -0.1) is 0 Å². The summed E-state index contributed by atoms with van der Waals surface area (Å²) in [5.74, 6) is 0.476. The number of nitrogens with zero attached hydrogens (tertiary/aromatic N) is 3. The third-order valence-corrected chi connectivity index (χ3v) is 2.15. The van der Waals surface area contributed by atoms with Crippen molar-refractivity contribution in [1.82, 2.24) is 14.5 Å². The summed E-state index contributed by atoms with van der Waals surface area (Å²) in [7, 11) is 5.39. The van der Waals surface area contributed by atoms with Crippen LogP contribution in [0, 0.1) is 0 Å². The van der Waals surface area contributed by atoms with Crippen LogP contribution in [-0.4, -0.2) is 21.6 Å². The van der Waals surface area contributed by atoms with Crippen molar-refractivity contribution in [2.24, 2.45) is 14.1 Å². The van der Waals surface area contributed by atoms with Gasteiger partial charge in [-0.05, 0) is 0 Å². The monoisotopic (exact) mass is 229 g/mol. The molecule has 2 rings (SSSR count). The van der Waals surface area contributed by atoms with Crippen LogP contribution < -0.4 is 27.9 Å². The first-order valence-electron chi connectivity index (χ1n) is 4.26. The molecule has 15 heavy (non-hydrogen) atoms. The van der Waals surface area contributed by atoms with Crippen LogP contribution in [0.1, 0.15) is 0 Å². The van der Waals surface area contributed by atoms with E-state index < -0.39 is 0 Å². The Morgan fingerprint density at radius 3 is 2.87 bits per heavy atom. The lowest BCUT2D eigenvalue weighted by Gasteiger charge is -1.92. The van der Waals surface area contributed by atoms with E-state index in [9.17, 15) is 4.79 Å². The summed E-state index contributed by atoms with van der Waals surface area (Å²) < 4.78 is 3.56. The van der Waals surface area contributed by atoms with Crippen LogP contribution in [0.4, 0.5) is 5.95 Å². The molecule has 0 atom stereocenters. The van der Waals surface area contributed by atoms with Crippen molar-refractivity contribution in [2.45, 2.75) is 0 Å². The highest BCUT2D eigenvalue weighted by atomic mass is 35.5. The molecule has 6 nitrogen and oxygen atoms in total. The van der Waals surface area contributed by atoms with Gasteiger partial charge >= 0.3 is 5.65 Å². The van der Waals surface area contributed by atoms with E-state index in [0.717, 1.165) is 0 Å². The van der Waals surface area contributed by atoms with Crippen LogP contribution in [-0.2, 0) is 14.1 Å². The van der Waals surface area contributed by atoms with Crippen molar-refractivity contribution in [3.05, 3.63) is 16.7 Å². The van der Waals surface area contributed by atoms with Gasteiger partial charge < -0.3 is 17.7 Å². The molecule has 2 N–H and O–H groups in total. The van der Waals surface area contributed by atoms with Crippen LogP contribution in [0.3, 0.4) is 0 Å². The van der Waals surface area contributed by atoms with Crippen LogP contribution in [0.15, 0.2) is 11.1 Å². The highest BCUT2D eigenvalue weighted by Crippen LogP contribution is 2.02. The zero-order valence-corrected chi connectivity index (χ0v) is 9.46. The molecule has 0 radical (unpaired) electrons. The fraction of sp³-hybridized carbons (Fsp3) is 0.375. The highest BCUT2D eigenvalue weighted by Gasteiger charge is 2.17. The van der Waals surface area contributed by atoms with Gasteiger partial charge in [0, 0.05) is 7.05 Å². The largest absolute Gasteiger partial charge is 1.00 e. The first-order chi connectivity index (χ1) is 6.63. The molecule has 0 aromatic carbocycles. The first-order valence-corrected chi connectivity index (χ1v) is 4.26. The summed E-state index contributed by atoms with van der Waals surface area (Å²) in [6, 6.07) is 0. The summed E-state index contributed by atoms with van der Waals surface area (Å²) in [5, 5.41) is 2.81. The maximum absolute atomic E-state index is 11.6. The Bertz CT molecular complexity index is 544. The maximum Gasteiger partial charge on any atom is 0.311 e. The fourth-order valence-corrected chi connectivity index (χ4v) is 1.51. The van der Waals surface area contributed by atoms with E-state index in [-0.39, 0.29) is 18.0 Å². The first kappa shape index (κ1) is 11.5. The van der Waals surface area contributed by atoms with Gasteiger partial charge in [0.1, 0.15) is 0 Å². The lowest BCUT2D eigenvalue weighted by Crippen LogP contribution is -3.00. The van der Waals surface area contributed by atoms with Gasteiger partial charge in [-0.25, -0.2) is 4.57 Å². The van der Waals surface area contributed by atoms with E-state index in [1.54, 1.807) is 11.6 Å². The molecule has 82 valence electrons. The molecule has 0 aliphatic heterocycles. The number of H-pyrrole nitrogens is 1. The molecule has 0 spiro atoms. The zero-order chi connectivity index (χ0) is 10.3. The van der Waals surface area contributed by atoms with Crippen LogP contribution in [0.2, 0.25) is 0 Å². The number of aryl methyl sites for hydroxylation is 2. The lowest BCUT2D eigenvalue weighted by molar-refractivity contribution is -0.647. The second kappa shape index (κ2) is 3.90. The lowest BCUT2D eigenvalue weighted by atomic mass is 10.5. The van der Waals surface area contributed by atoms with Gasteiger partial charge in [-0.1, -0.05) is 4.98 Å². The molecule has 0 fully saturated rings. The molecule has 2 aromatic heterocycles. The van der Waals surface area contributed by atoms with Crippen molar-refractivity contribution >= 4 is 17.1 Å². The second-order valence-corrected chi connectivity index (χ2v) is 3.17. The van der Waals surface area contributed by atoms with Gasteiger partial charge in [0.2, 0.25) is 5.52 Å². The maximum atomic E-state index is 11.6. The minimum absolute atomic E-state index is 0. The number of nitrogens with one attached hydrogen (secondary N) is 2. The van der Waals surface area contributed by atoms with Crippen LogP contribution in [0.25, 0.3) is 11.2 Å². The number of rotatable bonds is 1. The summed E-state index contributed by atoms with van der Waals surface area (Å²) in [5.41, 5.74) is 1.11. The van der Waals surface area contributed by atoms with Gasteiger partial charge in [0.15, 0.2) is 6.33 Å². The molecule has 0 saturated heterocycles. The second-order valence-electron chi connectivity index (χ2n) is 3.17. The van der Waals surface area contributed by atoms with E-state index in [1.807, 2.05) is 25.0 Å². The molecule has 0 amide bonds.